The third-order valence-electron chi connectivity index (χ3n) is 4.20. The van der Waals surface area contributed by atoms with Gasteiger partial charge in [-0.05, 0) is 26.3 Å². The quantitative estimate of drug-likeness (QED) is 0.754. The first kappa shape index (κ1) is 13.8. The van der Waals surface area contributed by atoms with Crippen molar-refractivity contribution in [1.29, 1.82) is 0 Å². The van der Waals surface area contributed by atoms with Gasteiger partial charge in [-0.15, -0.1) is 0 Å². The first-order chi connectivity index (χ1) is 8.72. The Morgan fingerprint density at radius 3 is 2.78 bits per heavy atom. The fraction of sp³-hybridized carbons (Fsp3) is 0.923. The Hall–Kier alpha value is -0.650. The fourth-order valence-electron chi connectivity index (χ4n) is 2.83. The summed E-state index contributed by atoms with van der Waals surface area (Å²) in [6.07, 6.45) is 3.88. The SMILES string of the molecule is CN(C1CCOC1)C(CN)CC(=O)N1CCCC1. The van der Waals surface area contributed by atoms with Crippen LogP contribution in [-0.2, 0) is 9.53 Å². The predicted molar refractivity (Wildman–Crippen MR) is 70.3 cm³/mol. The molecule has 0 saturated carbocycles. The van der Waals surface area contributed by atoms with Crippen LogP contribution in [0.5, 0.6) is 0 Å². The minimum atomic E-state index is 0.143. The molecule has 18 heavy (non-hydrogen) atoms. The largest absolute Gasteiger partial charge is 0.380 e. The maximum absolute atomic E-state index is 12.1. The first-order valence-electron chi connectivity index (χ1n) is 7.00. The fourth-order valence-corrected chi connectivity index (χ4v) is 2.83. The van der Waals surface area contributed by atoms with Gasteiger partial charge in [0.15, 0.2) is 0 Å². The minimum absolute atomic E-state index is 0.143. The van der Waals surface area contributed by atoms with E-state index in [1.165, 1.54) is 0 Å². The van der Waals surface area contributed by atoms with Crippen molar-refractivity contribution in [2.75, 3.05) is 39.9 Å². The number of rotatable bonds is 5. The van der Waals surface area contributed by atoms with Gasteiger partial charge < -0.3 is 15.4 Å². The molecule has 2 fully saturated rings. The van der Waals surface area contributed by atoms with Gasteiger partial charge in [-0.25, -0.2) is 0 Å². The summed E-state index contributed by atoms with van der Waals surface area (Å²) < 4.78 is 5.40. The summed E-state index contributed by atoms with van der Waals surface area (Å²) in [5.74, 6) is 0.258. The molecule has 0 spiro atoms. The molecule has 0 aromatic heterocycles. The number of nitrogens with two attached hydrogens (primary N) is 1. The molecule has 2 saturated heterocycles. The van der Waals surface area contributed by atoms with E-state index in [0.717, 1.165) is 45.6 Å². The van der Waals surface area contributed by atoms with Crippen LogP contribution in [0.25, 0.3) is 0 Å². The summed E-state index contributed by atoms with van der Waals surface area (Å²) in [5, 5.41) is 0. The number of carbonyl (C=O) groups is 1. The van der Waals surface area contributed by atoms with Crippen molar-refractivity contribution in [2.24, 2.45) is 5.73 Å². The van der Waals surface area contributed by atoms with E-state index in [1.807, 2.05) is 4.90 Å². The number of hydrogen-bond acceptors (Lipinski definition) is 4. The summed E-state index contributed by atoms with van der Waals surface area (Å²) in [7, 11) is 2.06. The van der Waals surface area contributed by atoms with Crippen LogP contribution >= 0.6 is 0 Å². The number of likely N-dealkylation sites (N-methyl/N-ethyl adjacent to an activating group) is 1. The van der Waals surface area contributed by atoms with E-state index in [9.17, 15) is 4.79 Å². The van der Waals surface area contributed by atoms with Crippen molar-refractivity contribution < 1.29 is 9.53 Å². The monoisotopic (exact) mass is 255 g/mol. The molecule has 2 N–H and O–H groups in total. The standard InChI is InChI=1S/C13H25N3O2/c1-15(11-4-7-18-10-11)12(9-14)8-13(17)16-5-2-3-6-16/h11-12H,2-10,14H2,1H3. The van der Waals surface area contributed by atoms with Gasteiger partial charge in [0.2, 0.25) is 5.91 Å². The van der Waals surface area contributed by atoms with Crippen LogP contribution in [0.15, 0.2) is 0 Å². The normalized spacial score (nSPS) is 25.9. The second kappa shape index (κ2) is 6.50. The Labute approximate surface area is 109 Å². The molecule has 0 aliphatic carbocycles. The number of nitrogens with zero attached hydrogens (tertiary/aromatic N) is 2. The Bertz CT molecular complexity index is 273. The Balaban J connectivity index is 1.85. The molecule has 0 radical (unpaired) electrons. The molecular weight excluding hydrogens is 230 g/mol. The maximum atomic E-state index is 12.1. The van der Waals surface area contributed by atoms with E-state index >= 15 is 0 Å². The average molecular weight is 255 g/mol. The highest BCUT2D eigenvalue weighted by Crippen LogP contribution is 2.17. The third kappa shape index (κ3) is 3.22. The van der Waals surface area contributed by atoms with Crippen LogP contribution in [0, 0.1) is 0 Å². The lowest BCUT2D eigenvalue weighted by Gasteiger charge is -2.32. The van der Waals surface area contributed by atoms with Gasteiger partial charge in [-0.2, -0.15) is 0 Å². The second-order valence-electron chi connectivity index (χ2n) is 5.36. The van der Waals surface area contributed by atoms with Gasteiger partial charge in [0, 0.05) is 44.7 Å². The van der Waals surface area contributed by atoms with Crippen molar-refractivity contribution in [1.82, 2.24) is 9.80 Å². The average Bonchev–Trinajstić information content (AvgIpc) is 3.05. The van der Waals surface area contributed by atoms with E-state index in [-0.39, 0.29) is 11.9 Å². The maximum Gasteiger partial charge on any atom is 0.224 e. The highest BCUT2D eigenvalue weighted by atomic mass is 16.5. The summed E-state index contributed by atoms with van der Waals surface area (Å²) >= 11 is 0. The highest BCUT2D eigenvalue weighted by Gasteiger charge is 2.28. The first-order valence-corrected chi connectivity index (χ1v) is 7.00. The molecular formula is C13H25N3O2. The molecule has 2 aliphatic rings. The zero-order valence-corrected chi connectivity index (χ0v) is 11.3. The Kier molecular flexibility index (Phi) is 4.97. The van der Waals surface area contributed by atoms with E-state index < -0.39 is 0 Å². The molecule has 5 heteroatoms. The van der Waals surface area contributed by atoms with Gasteiger partial charge in [-0.1, -0.05) is 0 Å². The molecule has 1 amide bonds. The smallest absolute Gasteiger partial charge is 0.224 e. The van der Waals surface area contributed by atoms with Crippen LogP contribution in [0.4, 0.5) is 0 Å². The Morgan fingerprint density at radius 2 is 2.22 bits per heavy atom. The molecule has 2 aliphatic heterocycles. The van der Waals surface area contributed by atoms with Crippen molar-refractivity contribution in [3.63, 3.8) is 0 Å². The molecule has 2 atom stereocenters. The van der Waals surface area contributed by atoms with Gasteiger partial charge in [0.25, 0.3) is 0 Å². The molecule has 2 unspecified atom stereocenters. The number of carbonyl (C=O) groups excluding carboxylic acids is 1. The minimum Gasteiger partial charge on any atom is -0.380 e. The number of likely N-dealkylation sites (tertiary alicyclic amines) is 1. The van der Waals surface area contributed by atoms with Crippen molar-refractivity contribution in [2.45, 2.75) is 37.8 Å². The molecule has 104 valence electrons. The highest BCUT2D eigenvalue weighted by molar-refractivity contribution is 5.77. The zero-order valence-electron chi connectivity index (χ0n) is 11.3. The van der Waals surface area contributed by atoms with E-state index in [0.29, 0.717) is 19.0 Å². The van der Waals surface area contributed by atoms with Crippen LogP contribution in [0.2, 0.25) is 0 Å². The van der Waals surface area contributed by atoms with E-state index in [4.69, 9.17) is 10.5 Å². The summed E-state index contributed by atoms with van der Waals surface area (Å²) in [5.41, 5.74) is 5.84. The van der Waals surface area contributed by atoms with Crippen LogP contribution in [-0.4, -0.2) is 67.7 Å². The van der Waals surface area contributed by atoms with Gasteiger partial charge in [0.1, 0.15) is 0 Å². The molecule has 2 rings (SSSR count). The number of hydrogen-bond donors (Lipinski definition) is 1. The topological polar surface area (TPSA) is 58.8 Å². The lowest BCUT2D eigenvalue weighted by Crippen LogP contribution is -2.47. The van der Waals surface area contributed by atoms with Crippen molar-refractivity contribution in [3.8, 4) is 0 Å². The zero-order chi connectivity index (χ0) is 13.0. The summed E-state index contributed by atoms with van der Waals surface area (Å²) in [6, 6.07) is 0.565. The van der Waals surface area contributed by atoms with Crippen LogP contribution in [0.1, 0.15) is 25.7 Å². The summed E-state index contributed by atoms with van der Waals surface area (Å²) in [6.45, 7) is 3.97. The molecule has 0 aromatic rings. The lowest BCUT2D eigenvalue weighted by molar-refractivity contribution is -0.131. The second-order valence-corrected chi connectivity index (χ2v) is 5.36. The van der Waals surface area contributed by atoms with Crippen LogP contribution < -0.4 is 5.73 Å². The molecule has 0 aromatic carbocycles. The predicted octanol–water partition coefficient (Wildman–Crippen LogP) is 0.0469. The van der Waals surface area contributed by atoms with Crippen molar-refractivity contribution >= 4 is 5.91 Å². The number of amides is 1. The van der Waals surface area contributed by atoms with Gasteiger partial charge in [0.05, 0.1) is 6.61 Å². The van der Waals surface area contributed by atoms with Gasteiger partial charge >= 0.3 is 0 Å². The third-order valence-corrected chi connectivity index (χ3v) is 4.20. The summed E-state index contributed by atoms with van der Waals surface area (Å²) in [4.78, 5) is 16.4. The van der Waals surface area contributed by atoms with E-state index in [2.05, 4.69) is 11.9 Å². The van der Waals surface area contributed by atoms with Crippen molar-refractivity contribution in [3.05, 3.63) is 0 Å². The van der Waals surface area contributed by atoms with Crippen LogP contribution in [0.3, 0.4) is 0 Å². The number of ether oxygens (including phenoxy) is 1. The lowest BCUT2D eigenvalue weighted by atomic mass is 10.1. The Morgan fingerprint density at radius 1 is 1.50 bits per heavy atom. The van der Waals surface area contributed by atoms with E-state index in [1.54, 1.807) is 0 Å². The molecule has 2 heterocycles. The van der Waals surface area contributed by atoms with Gasteiger partial charge in [-0.3, -0.25) is 9.69 Å². The molecule has 5 nitrogen and oxygen atoms in total. The molecule has 0 bridgehead atoms.